The van der Waals surface area contributed by atoms with E-state index in [0.29, 0.717) is 0 Å². The predicted octanol–water partition coefficient (Wildman–Crippen LogP) is -14.9. The third kappa shape index (κ3) is 51.0. The summed E-state index contributed by atoms with van der Waals surface area (Å²) in [4.78, 5) is 37.3. The Morgan fingerprint density at radius 2 is 0.938 bits per heavy atom. The average Bonchev–Trinajstić information content (AvgIpc) is 1.53. The number of phosphoric acid groups is 2. The van der Waals surface area contributed by atoms with E-state index in [0.717, 1.165) is 0 Å². The topological polar surface area (TPSA) is 136 Å². The Balaban J connectivity index is -0.0000000324. The van der Waals surface area contributed by atoms with Gasteiger partial charge < -0.3 is 33.0 Å². The maximum absolute atomic E-state index is 9.80. The quantitative estimate of drug-likeness (QED) is 0.318. The minimum absolute atomic E-state index is 0. The number of halogens is 2. The summed E-state index contributed by atoms with van der Waals surface area (Å²) >= 11 is -2.77. The van der Waals surface area contributed by atoms with Gasteiger partial charge in [-0.05, 0) is 0 Å². The van der Waals surface area contributed by atoms with E-state index in [1.165, 1.54) is 0 Å². The van der Waals surface area contributed by atoms with Gasteiger partial charge in [0.15, 0.2) is 0 Å². The largest absolute Gasteiger partial charge is 1.00 e. The second-order valence-electron chi connectivity index (χ2n) is 1.05. The van der Waals surface area contributed by atoms with Crippen LogP contribution in [0.1, 0.15) is 0 Å². The maximum Gasteiger partial charge on any atom is 1.00 e. The third-order valence-electron chi connectivity index (χ3n) is 0.200. The molecule has 0 saturated carbocycles. The van der Waals surface area contributed by atoms with Crippen molar-refractivity contribution in [3.8, 4) is 0 Å². The molecule has 0 saturated heterocycles. The molecule has 0 heterocycles. The van der Waals surface area contributed by atoms with Gasteiger partial charge in [0, 0.05) is 0 Å². The molecule has 0 aliphatic carbocycles. The second kappa shape index (κ2) is 19.9. The molecule has 0 atom stereocenters. The van der Waals surface area contributed by atoms with Crippen LogP contribution >= 0.6 is 15.6 Å². The summed E-state index contributed by atoms with van der Waals surface area (Å²) in [5, 5.41) is 0. The van der Waals surface area contributed by atoms with E-state index in [-0.39, 0.29) is 118 Å². The van der Waals surface area contributed by atoms with E-state index in [4.69, 9.17) is 0 Å². The molecule has 16 heteroatoms. The Hall–Kier alpha value is 4.92. The van der Waals surface area contributed by atoms with Crippen LogP contribution in [0.4, 0.5) is 5.73 Å². The van der Waals surface area contributed by atoms with Crippen LogP contribution in [0.2, 0.25) is 0 Å². The number of hydrogen-bond donors (Lipinski definition) is 0. The Morgan fingerprint density at radius 1 is 0.812 bits per heavy atom. The minimum atomic E-state index is -5.68. The van der Waals surface area contributed by atoms with Crippen molar-refractivity contribution in [1.82, 2.24) is 0 Å². The van der Waals surface area contributed by atoms with E-state index in [1.54, 1.807) is 0 Å². The van der Waals surface area contributed by atoms with E-state index >= 15 is 0 Å². The van der Waals surface area contributed by atoms with Crippen LogP contribution in [0.5, 0.6) is 0 Å². The first-order valence-corrected chi connectivity index (χ1v) is 6.92. The van der Waals surface area contributed by atoms with Crippen molar-refractivity contribution in [3.63, 3.8) is 0 Å². The van der Waals surface area contributed by atoms with Crippen molar-refractivity contribution >= 4 is 37.9 Å². The summed E-state index contributed by atoms with van der Waals surface area (Å²) in [7, 11) is -11.4. The van der Waals surface area contributed by atoms with Gasteiger partial charge in [-0.1, -0.05) is 0 Å². The number of rotatable bonds is 2. The Labute approximate surface area is 191 Å². The molecule has 7 nitrogen and oxygen atoms in total. The van der Waals surface area contributed by atoms with Gasteiger partial charge in [-0.2, -0.15) is 0 Å². The molecule has 0 aliphatic heterocycles. The third-order valence-corrected chi connectivity index (χ3v) is 1.80. The summed E-state index contributed by atoms with van der Waals surface area (Å²) in [6, 6.07) is 0. The van der Waals surface area contributed by atoms with E-state index < -0.39 is 37.9 Å². The standard InChI is InChI=1S/2FH.4Na.H4O7P2.Sn/c;;;;;;1-8(2,3)7-9(4,5)6;/h2*1H;;;;;(H2,1,2,3)(H2,4,5,6);/q;;4*+1;;+2/p-6. The SMILES string of the molecule is O=P([O-])([O-])OP(=O)([O-])[O-].[F][Sn][F].[Na+].[Na+].[Na+].[Na+]. The summed E-state index contributed by atoms with van der Waals surface area (Å²) in [5.74, 6) is 0. The fraction of sp³-hybridized carbons (Fsp3) is 0. The van der Waals surface area contributed by atoms with Crippen molar-refractivity contribution < 1.29 is 157 Å². The van der Waals surface area contributed by atoms with Gasteiger partial charge in [0.25, 0.3) is 0 Å². The fourth-order valence-electron chi connectivity index (χ4n) is 0.122. The molecule has 0 bridgehead atoms. The first kappa shape index (κ1) is 37.3. The van der Waals surface area contributed by atoms with Gasteiger partial charge in [0.2, 0.25) is 0 Å². The van der Waals surface area contributed by atoms with E-state index in [2.05, 4.69) is 4.31 Å². The molecule has 0 unspecified atom stereocenters. The van der Waals surface area contributed by atoms with Crippen molar-refractivity contribution in [2.45, 2.75) is 0 Å². The fourth-order valence-corrected chi connectivity index (χ4v) is 1.10. The molecule has 0 aromatic rings. The predicted molar refractivity (Wildman–Crippen MR) is 24.3 cm³/mol. The molecule has 0 aliphatic rings. The van der Waals surface area contributed by atoms with Gasteiger partial charge in [-0.25, -0.2) is 0 Å². The van der Waals surface area contributed by atoms with Crippen molar-refractivity contribution in [2.24, 2.45) is 0 Å². The summed E-state index contributed by atoms with van der Waals surface area (Å²) in [5.41, 5.74) is 0. The van der Waals surface area contributed by atoms with Crippen LogP contribution < -0.4 is 138 Å². The average molecular weight is 423 g/mol. The number of hydrogen-bond acceptors (Lipinski definition) is 7. The van der Waals surface area contributed by atoms with Crippen LogP contribution in [0, 0.1) is 0 Å². The smallest absolute Gasteiger partial charge is 1.00 e. The minimum Gasteiger partial charge on any atom is 1.00 e. The molecule has 0 rings (SSSR count). The molecule has 0 spiro atoms. The first-order chi connectivity index (χ1) is 5.12. The van der Waals surface area contributed by atoms with Gasteiger partial charge in [0.05, 0.1) is 15.6 Å². The van der Waals surface area contributed by atoms with Gasteiger partial charge >= 0.3 is 146 Å². The molecular weight excluding hydrogens is 423 g/mol. The Morgan fingerprint density at radius 3 is 0.938 bits per heavy atom. The molecule has 0 aromatic heterocycles. The van der Waals surface area contributed by atoms with Crippen LogP contribution in [-0.4, -0.2) is 22.3 Å². The van der Waals surface area contributed by atoms with E-state index in [1.807, 2.05) is 0 Å². The zero-order chi connectivity index (χ0) is 10.4. The Bertz CT molecular complexity index is 185. The van der Waals surface area contributed by atoms with Crippen molar-refractivity contribution in [1.29, 1.82) is 0 Å². The van der Waals surface area contributed by atoms with Gasteiger partial charge in [0.1, 0.15) is 0 Å². The van der Waals surface area contributed by atoms with Crippen molar-refractivity contribution in [3.05, 3.63) is 0 Å². The molecule has 0 amide bonds. The summed E-state index contributed by atoms with van der Waals surface area (Å²) in [6.45, 7) is 0. The normalized spacial score (nSPS) is 8.88. The zero-order valence-corrected chi connectivity index (χ0v) is 21.7. The summed E-state index contributed by atoms with van der Waals surface area (Å²) < 4.78 is 40.8. The van der Waals surface area contributed by atoms with Crippen LogP contribution in [0.25, 0.3) is 0 Å². The molecule has 0 N–H and O–H groups in total. The molecule has 0 aromatic carbocycles. The molecule has 74 valence electrons. The van der Waals surface area contributed by atoms with Crippen LogP contribution in [-0.2, 0) is 13.4 Å². The molecule has 0 fully saturated rings. The van der Waals surface area contributed by atoms with E-state index in [9.17, 15) is 34.4 Å². The van der Waals surface area contributed by atoms with Crippen LogP contribution in [0.15, 0.2) is 0 Å². The maximum atomic E-state index is 9.80. The molecule has 2 radical (unpaired) electrons. The van der Waals surface area contributed by atoms with Gasteiger partial charge in [-0.3, -0.25) is 0 Å². The summed E-state index contributed by atoms with van der Waals surface area (Å²) in [6.07, 6.45) is 0. The molecule has 16 heavy (non-hydrogen) atoms. The van der Waals surface area contributed by atoms with Crippen molar-refractivity contribution in [2.75, 3.05) is 0 Å². The monoisotopic (exact) mass is 424 g/mol. The molecular formula is F2Na4O7P2Sn. The zero-order valence-electron chi connectivity index (χ0n) is 9.01. The first-order valence-electron chi connectivity index (χ1n) is 1.84. The van der Waals surface area contributed by atoms with Crippen LogP contribution in [0.3, 0.4) is 0 Å². The second-order valence-corrected chi connectivity index (χ2v) is 3.90. The Kier molecular flexibility index (Phi) is 46.4. The van der Waals surface area contributed by atoms with Gasteiger partial charge in [-0.15, -0.1) is 0 Å².